The van der Waals surface area contributed by atoms with Gasteiger partial charge >= 0.3 is 5.97 Å². The normalized spacial score (nSPS) is 15.2. The van der Waals surface area contributed by atoms with Crippen molar-refractivity contribution in [2.45, 2.75) is 6.10 Å². The molecule has 0 saturated carbocycles. The van der Waals surface area contributed by atoms with E-state index in [1.807, 2.05) is 0 Å². The zero-order chi connectivity index (χ0) is 12.4. The molecule has 0 fully saturated rings. The average Bonchev–Trinajstić information content (AvgIpc) is 2.38. The number of hydrogen-bond acceptors (Lipinski definition) is 5. The first-order chi connectivity index (χ1) is 8.15. The molecule has 0 radical (unpaired) electrons. The largest absolute Gasteiger partial charge is 0.486 e. The van der Waals surface area contributed by atoms with Crippen LogP contribution in [-0.4, -0.2) is 31.4 Å². The van der Waals surface area contributed by atoms with Crippen molar-refractivity contribution in [2.75, 3.05) is 20.3 Å². The van der Waals surface area contributed by atoms with E-state index in [9.17, 15) is 9.90 Å². The number of benzene rings is 1. The van der Waals surface area contributed by atoms with Crippen LogP contribution < -0.4 is 9.47 Å². The highest BCUT2D eigenvalue weighted by Gasteiger charge is 2.27. The number of hydrogen-bond donors (Lipinski definition) is 1. The number of esters is 1. The first-order valence-corrected chi connectivity index (χ1v) is 5.37. The highest BCUT2D eigenvalue weighted by atomic mass is 35.5. The van der Waals surface area contributed by atoms with Gasteiger partial charge in [0.05, 0.1) is 12.1 Å². The predicted octanol–water partition coefficient (Wildman–Crippen LogP) is 1.32. The number of ether oxygens (including phenoxy) is 3. The zero-order valence-electron chi connectivity index (χ0n) is 9.10. The summed E-state index contributed by atoms with van der Waals surface area (Å²) in [6.07, 6.45) is -1.41. The summed E-state index contributed by atoms with van der Waals surface area (Å²) < 4.78 is 15.2. The van der Waals surface area contributed by atoms with Crippen LogP contribution in [0.3, 0.4) is 0 Å². The van der Waals surface area contributed by atoms with Crippen molar-refractivity contribution in [3.05, 3.63) is 22.7 Å². The average molecular weight is 259 g/mol. The van der Waals surface area contributed by atoms with E-state index in [2.05, 4.69) is 4.74 Å². The van der Waals surface area contributed by atoms with Crippen LogP contribution in [0.1, 0.15) is 11.7 Å². The number of fused-ring (bicyclic) bond motifs is 1. The lowest BCUT2D eigenvalue weighted by Crippen LogP contribution is -2.20. The lowest BCUT2D eigenvalue weighted by atomic mass is 10.1. The fourth-order valence-electron chi connectivity index (χ4n) is 1.58. The molecule has 0 saturated heterocycles. The first kappa shape index (κ1) is 12.0. The van der Waals surface area contributed by atoms with Crippen molar-refractivity contribution in [2.24, 2.45) is 0 Å². The summed E-state index contributed by atoms with van der Waals surface area (Å²) in [5, 5.41) is 10.2. The van der Waals surface area contributed by atoms with Crippen LogP contribution in [0.4, 0.5) is 0 Å². The van der Waals surface area contributed by atoms with Crippen LogP contribution in [0.2, 0.25) is 5.02 Å². The minimum absolute atomic E-state index is 0.288. The molecule has 1 heterocycles. The second-order valence-electron chi connectivity index (χ2n) is 3.42. The number of rotatable bonds is 2. The van der Waals surface area contributed by atoms with E-state index in [1.165, 1.54) is 19.2 Å². The van der Waals surface area contributed by atoms with Crippen LogP contribution in [0.5, 0.6) is 11.5 Å². The topological polar surface area (TPSA) is 65.0 Å². The van der Waals surface area contributed by atoms with Gasteiger partial charge in [0, 0.05) is 5.56 Å². The molecule has 2 rings (SSSR count). The summed E-state index contributed by atoms with van der Waals surface area (Å²) >= 11 is 5.93. The molecule has 0 spiro atoms. The van der Waals surface area contributed by atoms with Gasteiger partial charge < -0.3 is 19.3 Å². The van der Waals surface area contributed by atoms with Crippen molar-refractivity contribution in [1.82, 2.24) is 0 Å². The Hall–Kier alpha value is -1.46. The maximum atomic E-state index is 11.3. The molecule has 1 N–H and O–H groups in total. The Morgan fingerprint density at radius 1 is 1.41 bits per heavy atom. The van der Waals surface area contributed by atoms with E-state index in [0.717, 1.165) is 0 Å². The van der Waals surface area contributed by atoms with Crippen LogP contribution in [0.15, 0.2) is 12.1 Å². The molecule has 1 aromatic carbocycles. The van der Waals surface area contributed by atoms with Crippen LogP contribution in [0.25, 0.3) is 0 Å². The maximum Gasteiger partial charge on any atom is 0.339 e. The van der Waals surface area contributed by atoms with Gasteiger partial charge in [0.1, 0.15) is 13.2 Å². The Bertz CT molecular complexity index is 446. The zero-order valence-corrected chi connectivity index (χ0v) is 9.86. The number of aliphatic hydroxyl groups is 1. The molecule has 0 aliphatic carbocycles. The van der Waals surface area contributed by atoms with Crippen molar-refractivity contribution >= 4 is 17.6 Å². The summed E-state index contributed by atoms with van der Waals surface area (Å²) in [5.74, 6) is -0.122. The van der Waals surface area contributed by atoms with Crippen LogP contribution in [-0.2, 0) is 9.53 Å². The van der Waals surface area contributed by atoms with E-state index >= 15 is 0 Å². The number of carbonyl (C=O) groups excluding carboxylic acids is 1. The molecule has 1 atom stereocenters. The molecule has 0 bridgehead atoms. The molecule has 6 heteroatoms. The lowest BCUT2D eigenvalue weighted by molar-refractivity contribution is -0.150. The Balaban J connectivity index is 2.44. The Kier molecular flexibility index (Phi) is 3.40. The maximum absolute atomic E-state index is 11.3. The predicted molar refractivity (Wildman–Crippen MR) is 59.4 cm³/mol. The molecular weight excluding hydrogens is 248 g/mol. The van der Waals surface area contributed by atoms with Crippen molar-refractivity contribution in [3.63, 3.8) is 0 Å². The third kappa shape index (κ3) is 2.16. The Labute approximate surface area is 103 Å². The Morgan fingerprint density at radius 2 is 2.06 bits per heavy atom. The van der Waals surface area contributed by atoms with Gasteiger partial charge in [0.25, 0.3) is 0 Å². The fourth-order valence-corrected chi connectivity index (χ4v) is 1.78. The third-order valence-electron chi connectivity index (χ3n) is 2.39. The highest BCUT2D eigenvalue weighted by Crippen LogP contribution is 2.42. The second-order valence-corrected chi connectivity index (χ2v) is 3.82. The molecule has 0 aromatic heterocycles. The lowest BCUT2D eigenvalue weighted by Gasteiger charge is -2.23. The minimum atomic E-state index is -1.41. The van der Waals surface area contributed by atoms with E-state index in [1.54, 1.807) is 0 Å². The quantitative estimate of drug-likeness (QED) is 0.811. The monoisotopic (exact) mass is 258 g/mol. The second kappa shape index (κ2) is 4.81. The summed E-state index contributed by atoms with van der Waals surface area (Å²) in [4.78, 5) is 11.3. The van der Waals surface area contributed by atoms with Crippen molar-refractivity contribution in [3.8, 4) is 11.5 Å². The summed E-state index contributed by atoms with van der Waals surface area (Å²) in [5.41, 5.74) is 0.288. The van der Waals surface area contributed by atoms with Crippen molar-refractivity contribution < 1.29 is 24.1 Å². The van der Waals surface area contributed by atoms with Gasteiger partial charge in [-0.1, -0.05) is 17.7 Å². The van der Waals surface area contributed by atoms with Gasteiger partial charge in [-0.05, 0) is 6.07 Å². The van der Waals surface area contributed by atoms with Gasteiger partial charge in [0.15, 0.2) is 17.6 Å². The molecule has 1 unspecified atom stereocenters. The van der Waals surface area contributed by atoms with E-state index in [4.69, 9.17) is 21.1 Å². The molecule has 0 amide bonds. The first-order valence-electron chi connectivity index (χ1n) is 4.99. The van der Waals surface area contributed by atoms with Gasteiger partial charge in [-0.2, -0.15) is 0 Å². The molecule has 1 aliphatic rings. The van der Waals surface area contributed by atoms with Gasteiger partial charge in [-0.25, -0.2) is 4.79 Å². The number of aliphatic hydroxyl groups excluding tert-OH is 1. The van der Waals surface area contributed by atoms with Gasteiger partial charge in [0.2, 0.25) is 0 Å². The Morgan fingerprint density at radius 3 is 2.71 bits per heavy atom. The molecule has 5 nitrogen and oxygen atoms in total. The van der Waals surface area contributed by atoms with E-state index < -0.39 is 12.1 Å². The van der Waals surface area contributed by atoms with Crippen molar-refractivity contribution in [1.29, 1.82) is 0 Å². The number of methoxy groups -OCH3 is 1. The molecule has 92 valence electrons. The van der Waals surface area contributed by atoms with Gasteiger partial charge in [-0.3, -0.25) is 0 Å². The molecule has 1 aliphatic heterocycles. The molecular formula is C11H11ClO5. The number of carbonyl (C=O) groups is 1. The minimum Gasteiger partial charge on any atom is -0.486 e. The highest BCUT2D eigenvalue weighted by molar-refractivity contribution is 6.32. The molecule has 17 heavy (non-hydrogen) atoms. The SMILES string of the molecule is COC(=O)C(O)c1ccc(Cl)c2c1OCCO2. The third-order valence-corrected chi connectivity index (χ3v) is 2.69. The fraction of sp³-hybridized carbons (Fsp3) is 0.364. The van der Waals surface area contributed by atoms with E-state index in [-0.39, 0.29) is 5.56 Å². The van der Waals surface area contributed by atoms with Crippen LogP contribution >= 0.6 is 11.6 Å². The van der Waals surface area contributed by atoms with Gasteiger partial charge in [-0.15, -0.1) is 0 Å². The molecule has 1 aromatic rings. The summed E-state index contributed by atoms with van der Waals surface area (Å²) in [6.45, 7) is 0.721. The number of halogens is 1. The van der Waals surface area contributed by atoms with Crippen LogP contribution in [0, 0.1) is 0 Å². The van der Waals surface area contributed by atoms with E-state index in [0.29, 0.717) is 29.7 Å². The smallest absolute Gasteiger partial charge is 0.339 e. The summed E-state index contributed by atoms with van der Waals surface area (Å²) in [7, 11) is 1.20. The summed E-state index contributed by atoms with van der Waals surface area (Å²) in [6, 6.07) is 3.05. The standard InChI is InChI=1S/C11H11ClO5/c1-15-11(14)8(13)6-2-3-7(12)10-9(6)16-4-5-17-10/h2-3,8,13H,4-5H2,1H3.